The summed E-state index contributed by atoms with van der Waals surface area (Å²) in [4.78, 5) is 21.1. The van der Waals surface area contributed by atoms with Gasteiger partial charge >= 0.3 is 0 Å². The lowest BCUT2D eigenvalue weighted by Crippen LogP contribution is -2.56. The highest BCUT2D eigenvalue weighted by atomic mass is 19.3. The molecular weight excluding hydrogens is 523 g/mol. The molecule has 1 N–H and O–H groups in total. The van der Waals surface area contributed by atoms with Crippen LogP contribution >= 0.6 is 0 Å². The van der Waals surface area contributed by atoms with Crippen LogP contribution in [0.25, 0.3) is 0 Å². The van der Waals surface area contributed by atoms with Crippen LogP contribution in [0.5, 0.6) is 0 Å². The van der Waals surface area contributed by atoms with E-state index < -0.39 is 0 Å². The molecular formula is C37H69FN2O2. The highest BCUT2D eigenvalue weighted by Gasteiger charge is 2.63. The Balaban J connectivity index is 1.84. The first-order valence-electron chi connectivity index (χ1n) is 18.2. The molecule has 3 aliphatic carbocycles. The first-order valence-corrected chi connectivity index (χ1v) is 18.2. The fourth-order valence-electron chi connectivity index (χ4n) is 10.2. The predicted octanol–water partition coefficient (Wildman–Crippen LogP) is 9.48. The topological polar surface area (TPSA) is 41.6 Å². The van der Waals surface area contributed by atoms with E-state index in [-0.39, 0.29) is 34.7 Å². The number of nitrogens with zero attached hydrogens (tertiary/aromatic N) is 1. The van der Waals surface area contributed by atoms with E-state index in [4.69, 9.17) is 4.94 Å². The molecule has 0 aromatic rings. The summed E-state index contributed by atoms with van der Waals surface area (Å²) in [5.74, 6) is 3.96. The van der Waals surface area contributed by atoms with Gasteiger partial charge in [-0.25, -0.2) is 0 Å². The quantitative estimate of drug-likeness (QED) is 0.193. The minimum absolute atomic E-state index is 0.00508. The van der Waals surface area contributed by atoms with Gasteiger partial charge < -0.3 is 10.2 Å². The highest BCUT2D eigenvalue weighted by Crippen LogP contribution is 2.68. The smallest absolute Gasteiger partial charge is 0.223 e. The van der Waals surface area contributed by atoms with Gasteiger partial charge in [-0.1, -0.05) is 101 Å². The minimum Gasteiger partial charge on any atom is -0.355 e. The lowest BCUT2D eigenvalue weighted by molar-refractivity contribution is -0.251. The Kier molecular flexibility index (Phi) is 13.7. The van der Waals surface area contributed by atoms with Crippen molar-refractivity contribution in [2.45, 2.75) is 145 Å². The van der Waals surface area contributed by atoms with E-state index in [1.54, 1.807) is 0 Å². The largest absolute Gasteiger partial charge is 0.355 e. The van der Waals surface area contributed by atoms with Crippen LogP contribution < -0.4 is 5.32 Å². The zero-order valence-corrected chi connectivity index (χ0v) is 29.2. The van der Waals surface area contributed by atoms with Gasteiger partial charge in [-0.2, -0.15) is 4.94 Å². The second-order valence-corrected chi connectivity index (χ2v) is 16.0. The first-order chi connectivity index (χ1) is 19.9. The third-order valence-electron chi connectivity index (χ3n) is 13.6. The van der Waals surface area contributed by atoms with Crippen molar-refractivity contribution >= 4 is 5.91 Å². The van der Waals surface area contributed by atoms with E-state index in [0.717, 1.165) is 82.3 Å². The Bertz CT molecular complexity index is 806. The van der Waals surface area contributed by atoms with Crippen molar-refractivity contribution in [3.8, 4) is 0 Å². The number of carbonyl (C=O) groups excluding carboxylic acids is 1. The van der Waals surface area contributed by atoms with E-state index in [2.05, 4.69) is 72.5 Å². The SMILES string of the molecule is CCN(CC)CCNC(=O)C(CCCC(C)C)C1CCC2(C)C1C[C@@H](OF)C(C)[C@]2(C)CCC1C(C)CCCC[C@H]1C. The summed E-state index contributed by atoms with van der Waals surface area (Å²) in [6, 6.07) is 0. The fraction of sp³-hybridized carbons (Fsp3) is 0.973. The molecule has 0 spiro atoms. The van der Waals surface area contributed by atoms with Gasteiger partial charge in [0.25, 0.3) is 0 Å². The minimum atomic E-state index is -0.375. The van der Waals surface area contributed by atoms with Crippen molar-refractivity contribution in [3.63, 3.8) is 0 Å². The van der Waals surface area contributed by atoms with E-state index in [0.29, 0.717) is 24.3 Å². The van der Waals surface area contributed by atoms with Gasteiger partial charge in [0.05, 0.1) is 0 Å². The average molecular weight is 593 g/mol. The number of hydrogen-bond donors (Lipinski definition) is 1. The summed E-state index contributed by atoms with van der Waals surface area (Å²) in [5, 5.41) is 3.36. The number of hydrogen-bond acceptors (Lipinski definition) is 3. The molecule has 0 bridgehead atoms. The summed E-state index contributed by atoms with van der Waals surface area (Å²) in [6.07, 6.45) is 13.6. The lowest BCUT2D eigenvalue weighted by Gasteiger charge is -2.59. The molecule has 10 atom stereocenters. The van der Waals surface area contributed by atoms with Gasteiger partial charge in [0, 0.05) is 19.0 Å². The van der Waals surface area contributed by atoms with Crippen LogP contribution in [0.15, 0.2) is 0 Å². The van der Waals surface area contributed by atoms with Gasteiger partial charge in [0.2, 0.25) is 5.91 Å². The standard InChI is InChI=1S/C37H69FN2O2/c1-10-40(11-2)24-23-39-35(41)32(18-14-15-26(3)4)31-20-22-37(9)33(31)25-34(42-38)29(7)36(37,8)21-19-30-27(5)16-12-13-17-28(30)6/h26-34H,10-25H2,1-9H3,(H,39,41)/t27-,28?,29?,30?,31?,32?,33?,34-,36+,37?/m1/s1. The summed E-state index contributed by atoms with van der Waals surface area (Å²) >= 11 is 0. The van der Waals surface area contributed by atoms with Crippen LogP contribution in [0.4, 0.5) is 4.53 Å². The van der Waals surface area contributed by atoms with Crippen LogP contribution in [0.2, 0.25) is 0 Å². The van der Waals surface area contributed by atoms with Crippen molar-refractivity contribution in [1.82, 2.24) is 10.2 Å². The van der Waals surface area contributed by atoms with Crippen LogP contribution in [0.3, 0.4) is 0 Å². The van der Waals surface area contributed by atoms with E-state index in [9.17, 15) is 9.32 Å². The van der Waals surface area contributed by atoms with Crippen LogP contribution in [0, 0.1) is 58.2 Å². The predicted molar refractivity (Wildman–Crippen MR) is 175 cm³/mol. The molecule has 0 aromatic carbocycles. The Labute approximate surface area is 260 Å². The number of rotatable bonds is 15. The Hall–Kier alpha value is -0.680. The molecule has 0 radical (unpaired) electrons. The first kappa shape index (κ1) is 35.8. The zero-order chi connectivity index (χ0) is 31.1. The lowest BCUT2D eigenvalue weighted by atomic mass is 9.46. The number of nitrogens with one attached hydrogen (secondary N) is 1. The van der Waals surface area contributed by atoms with Crippen LogP contribution in [0.1, 0.15) is 139 Å². The molecule has 3 fully saturated rings. The van der Waals surface area contributed by atoms with Crippen LogP contribution in [-0.2, 0) is 9.74 Å². The molecule has 7 unspecified atom stereocenters. The molecule has 3 saturated carbocycles. The van der Waals surface area contributed by atoms with Crippen molar-refractivity contribution in [1.29, 1.82) is 0 Å². The fourth-order valence-corrected chi connectivity index (χ4v) is 10.2. The van der Waals surface area contributed by atoms with Gasteiger partial charge in [-0.3, -0.25) is 4.79 Å². The van der Waals surface area contributed by atoms with E-state index in [1.807, 2.05) is 0 Å². The maximum atomic E-state index is 14.3. The van der Waals surface area contributed by atoms with Gasteiger partial charge in [0.15, 0.2) is 0 Å². The second-order valence-electron chi connectivity index (χ2n) is 16.0. The van der Waals surface area contributed by atoms with Gasteiger partial charge in [-0.15, -0.1) is 0 Å². The number of likely N-dealkylation sites (N-methyl/N-ethyl adjacent to an activating group) is 1. The summed E-state index contributed by atoms with van der Waals surface area (Å²) in [7, 11) is 0. The van der Waals surface area contributed by atoms with Crippen molar-refractivity contribution < 1.29 is 14.3 Å². The summed E-state index contributed by atoms with van der Waals surface area (Å²) < 4.78 is 14.3. The Morgan fingerprint density at radius 1 is 1.02 bits per heavy atom. The number of fused-ring (bicyclic) bond motifs is 1. The Morgan fingerprint density at radius 2 is 1.67 bits per heavy atom. The van der Waals surface area contributed by atoms with Crippen molar-refractivity contribution in [2.75, 3.05) is 26.2 Å². The maximum Gasteiger partial charge on any atom is 0.223 e. The van der Waals surface area contributed by atoms with E-state index >= 15 is 0 Å². The van der Waals surface area contributed by atoms with Crippen molar-refractivity contribution in [2.24, 2.45) is 58.2 Å². The summed E-state index contributed by atoms with van der Waals surface area (Å²) in [6.45, 7) is 24.7. The number of carbonyl (C=O) groups is 1. The molecule has 0 heterocycles. The molecule has 42 heavy (non-hydrogen) atoms. The molecule has 0 saturated heterocycles. The number of amides is 1. The molecule has 246 valence electrons. The molecule has 3 rings (SSSR count). The summed E-state index contributed by atoms with van der Waals surface area (Å²) in [5.41, 5.74) is 0.0933. The zero-order valence-electron chi connectivity index (χ0n) is 29.2. The maximum absolute atomic E-state index is 14.3. The molecule has 5 heteroatoms. The molecule has 0 aromatic heterocycles. The highest BCUT2D eigenvalue weighted by molar-refractivity contribution is 5.79. The second kappa shape index (κ2) is 16.1. The molecule has 4 nitrogen and oxygen atoms in total. The van der Waals surface area contributed by atoms with Gasteiger partial charge in [-0.05, 0) is 108 Å². The molecule has 0 aliphatic heterocycles. The third kappa shape index (κ3) is 7.93. The third-order valence-corrected chi connectivity index (χ3v) is 13.6. The normalized spacial score (nSPS) is 38.0. The monoisotopic (exact) mass is 593 g/mol. The Morgan fingerprint density at radius 3 is 2.24 bits per heavy atom. The molecule has 1 amide bonds. The van der Waals surface area contributed by atoms with Crippen LogP contribution in [-0.4, -0.2) is 43.1 Å². The molecule has 3 aliphatic rings. The van der Waals surface area contributed by atoms with Gasteiger partial charge in [0.1, 0.15) is 6.10 Å². The van der Waals surface area contributed by atoms with E-state index in [1.165, 1.54) is 32.1 Å². The number of halogens is 1. The van der Waals surface area contributed by atoms with Crippen molar-refractivity contribution in [3.05, 3.63) is 0 Å². The average Bonchev–Trinajstić information content (AvgIpc) is 3.21.